The first-order valence-electron chi connectivity index (χ1n) is 5.73. The molecule has 0 saturated heterocycles. The van der Waals surface area contributed by atoms with Gasteiger partial charge in [0.25, 0.3) is 5.69 Å². The summed E-state index contributed by atoms with van der Waals surface area (Å²) >= 11 is 1.54. The van der Waals surface area contributed by atoms with Crippen LogP contribution in [0.4, 0.5) is 5.69 Å². The molecule has 5 heteroatoms. The van der Waals surface area contributed by atoms with E-state index in [-0.39, 0.29) is 12.3 Å². The Morgan fingerprint density at radius 1 is 1.16 bits per heavy atom. The van der Waals surface area contributed by atoms with Crippen molar-refractivity contribution in [1.29, 1.82) is 0 Å². The fourth-order valence-electron chi connectivity index (χ4n) is 1.68. The Labute approximate surface area is 115 Å². The molecule has 0 atom stereocenters. The molecule has 0 heterocycles. The van der Waals surface area contributed by atoms with Gasteiger partial charge >= 0.3 is 0 Å². The average molecular weight is 275 g/mol. The minimum Gasteiger partial charge on any atom is -0.392 e. The number of non-ortho nitro benzene ring substituents is 1. The number of benzene rings is 2. The normalized spacial score (nSPS) is 10.4. The van der Waals surface area contributed by atoms with Gasteiger partial charge < -0.3 is 5.11 Å². The van der Waals surface area contributed by atoms with Crippen molar-refractivity contribution in [2.45, 2.75) is 23.3 Å². The van der Waals surface area contributed by atoms with E-state index in [1.54, 1.807) is 12.1 Å². The minimum absolute atomic E-state index is 0.0360. The summed E-state index contributed by atoms with van der Waals surface area (Å²) in [5.41, 5.74) is 2.04. The van der Waals surface area contributed by atoms with E-state index < -0.39 is 4.92 Å². The summed E-state index contributed by atoms with van der Waals surface area (Å²) in [6.45, 7) is 1.99. The van der Waals surface area contributed by atoms with Gasteiger partial charge in [0.1, 0.15) is 0 Å². The predicted octanol–water partition coefficient (Wildman–Crippen LogP) is 3.55. The van der Waals surface area contributed by atoms with Crippen LogP contribution in [0.5, 0.6) is 0 Å². The highest BCUT2D eigenvalue weighted by Crippen LogP contribution is 2.30. The number of aliphatic hydroxyl groups is 1. The molecular weight excluding hydrogens is 262 g/mol. The van der Waals surface area contributed by atoms with E-state index in [4.69, 9.17) is 5.11 Å². The number of nitro groups is 1. The molecule has 0 amide bonds. The molecule has 4 nitrogen and oxygen atoms in total. The van der Waals surface area contributed by atoms with E-state index in [1.165, 1.54) is 23.9 Å². The second kappa shape index (κ2) is 5.86. The molecule has 19 heavy (non-hydrogen) atoms. The maximum absolute atomic E-state index is 10.6. The molecule has 0 aliphatic rings. The van der Waals surface area contributed by atoms with Crippen molar-refractivity contribution in [2.75, 3.05) is 0 Å². The van der Waals surface area contributed by atoms with Crippen molar-refractivity contribution < 1.29 is 10.0 Å². The van der Waals surface area contributed by atoms with Crippen LogP contribution in [0.3, 0.4) is 0 Å². The Balaban J connectivity index is 2.16. The summed E-state index contributed by atoms with van der Waals surface area (Å²) in [7, 11) is 0. The van der Waals surface area contributed by atoms with Gasteiger partial charge in [-0.25, -0.2) is 0 Å². The molecule has 0 bridgehead atoms. The quantitative estimate of drug-likeness (QED) is 0.684. The molecule has 0 radical (unpaired) electrons. The zero-order valence-electron chi connectivity index (χ0n) is 10.4. The Bertz CT molecular complexity index is 596. The van der Waals surface area contributed by atoms with Crippen LogP contribution in [0.1, 0.15) is 11.1 Å². The summed E-state index contributed by atoms with van der Waals surface area (Å²) in [6.07, 6.45) is 0. The van der Waals surface area contributed by atoms with E-state index in [2.05, 4.69) is 0 Å². The molecule has 0 aromatic heterocycles. The minimum atomic E-state index is -0.408. The molecule has 1 N–H and O–H groups in total. The number of nitrogens with zero attached hydrogens (tertiary/aromatic N) is 1. The molecule has 2 aromatic rings. The first-order chi connectivity index (χ1) is 9.10. The smallest absolute Gasteiger partial charge is 0.269 e. The predicted molar refractivity (Wildman–Crippen MR) is 74.3 cm³/mol. The van der Waals surface area contributed by atoms with Crippen LogP contribution in [0.2, 0.25) is 0 Å². The highest BCUT2D eigenvalue weighted by molar-refractivity contribution is 7.99. The molecule has 0 fully saturated rings. The third-order valence-electron chi connectivity index (χ3n) is 2.77. The van der Waals surface area contributed by atoms with Crippen LogP contribution < -0.4 is 0 Å². The standard InChI is InChI=1S/C14H13NO3S/c1-10-8-14(5-2-11(10)9-16)19-13-6-3-12(4-7-13)15(17)18/h2-8,16H,9H2,1H3. The van der Waals surface area contributed by atoms with Crippen molar-refractivity contribution >= 4 is 17.4 Å². The summed E-state index contributed by atoms with van der Waals surface area (Å²) in [5.74, 6) is 0. The van der Waals surface area contributed by atoms with Crippen LogP contribution in [0.25, 0.3) is 0 Å². The fourth-order valence-corrected chi connectivity index (χ4v) is 2.60. The fraction of sp³-hybridized carbons (Fsp3) is 0.143. The average Bonchev–Trinajstić information content (AvgIpc) is 2.39. The van der Waals surface area contributed by atoms with E-state index >= 15 is 0 Å². The Morgan fingerprint density at radius 2 is 1.79 bits per heavy atom. The lowest BCUT2D eigenvalue weighted by Crippen LogP contribution is -1.88. The van der Waals surface area contributed by atoms with Crippen molar-refractivity contribution in [2.24, 2.45) is 0 Å². The van der Waals surface area contributed by atoms with Gasteiger partial charge in [-0.05, 0) is 42.3 Å². The molecule has 0 saturated carbocycles. The van der Waals surface area contributed by atoms with Crippen LogP contribution in [-0.2, 0) is 6.61 Å². The first-order valence-corrected chi connectivity index (χ1v) is 6.54. The van der Waals surface area contributed by atoms with Crippen molar-refractivity contribution in [3.8, 4) is 0 Å². The van der Waals surface area contributed by atoms with Gasteiger partial charge in [-0.3, -0.25) is 10.1 Å². The Morgan fingerprint density at radius 3 is 2.32 bits per heavy atom. The van der Waals surface area contributed by atoms with Gasteiger partial charge in [0, 0.05) is 21.9 Å². The zero-order valence-corrected chi connectivity index (χ0v) is 11.2. The van der Waals surface area contributed by atoms with Gasteiger partial charge in [0.2, 0.25) is 0 Å². The number of aryl methyl sites for hydroxylation is 1. The number of hydrogen-bond acceptors (Lipinski definition) is 4. The van der Waals surface area contributed by atoms with Crippen LogP contribution >= 0.6 is 11.8 Å². The second-order valence-electron chi connectivity index (χ2n) is 4.10. The molecule has 0 aliphatic carbocycles. The van der Waals surface area contributed by atoms with Gasteiger partial charge in [0.15, 0.2) is 0 Å². The summed E-state index contributed by atoms with van der Waals surface area (Å²) in [6, 6.07) is 12.3. The number of aliphatic hydroxyl groups excluding tert-OH is 1. The number of rotatable bonds is 4. The van der Waals surface area contributed by atoms with Crippen molar-refractivity contribution in [1.82, 2.24) is 0 Å². The summed E-state index contributed by atoms with van der Waals surface area (Å²) in [4.78, 5) is 12.1. The summed E-state index contributed by atoms with van der Waals surface area (Å²) in [5, 5.41) is 19.7. The van der Waals surface area contributed by atoms with Crippen molar-refractivity contribution in [3.63, 3.8) is 0 Å². The van der Waals surface area contributed by atoms with E-state index in [0.717, 1.165) is 20.9 Å². The van der Waals surface area contributed by atoms with Gasteiger partial charge in [0.05, 0.1) is 11.5 Å². The van der Waals surface area contributed by atoms with Crippen LogP contribution in [0, 0.1) is 17.0 Å². The highest BCUT2D eigenvalue weighted by atomic mass is 32.2. The first kappa shape index (κ1) is 13.6. The lowest BCUT2D eigenvalue weighted by atomic mass is 10.1. The molecule has 2 rings (SSSR count). The SMILES string of the molecule is Cc1cc(Sc2ccc([N+](=O)[O-])cc2)ccc1CO. The maximum atomic E-state index is 10.6. The molecule has 2 aromatic carbocycles. The summed E-state index contributed by atoms with van der Waals surface area (Å²) < 4.78 is 0. The van der Waals surface area contributed by atoms with Gasteiger partial charge in [-0.2, -0.15) is 0 Å². The second-order valence-corrected chi connectivity index (χ2v) is 5.25. The highest BCUT2D eigenvalue weighted by Gasteiger charge is 2.05. The van der Waals surface area contributed by atoms with Crippen LogP contribution in [-0.4, -0.2) is 10.0 Å². The molecule has 98 valence electrons. The number of hydrogen-bond donors (Lipinski definition) is 1. The zero-order chi connectivity index (χ0) is 13.8. The molecule has 0 aliphatic heterocycles. The van der Waals surface area contributed by atoms with Gasteiger partial charge in [-0.15, -0.1) is 0 Å². The van der Waals surface area contributed by atoms with Crippen LogP contribution in [0.15, 0.2) is 52.3 Å². The Kier molecular flexibility index (Phi) is 4.19. The van der Waals surface area contributed by atoms with Crippen molar-refractivity contribution in [3.05, 3.63) is 63.7 Å². The van der Waals surface area contributed by atoms with Gasteiger partial charge in [-0.1, -0.05) is 17.8 Å². The Hall–Kier alpha value is -1.85. The monoisotopic (exact) mass is 275 g/mol. The maximum Gasteiger partial charge on any atom is 0.269 e. The molecule has 0 unspecified atom stereocenters. The third-order valence-corrected chi connectivity index (χ3v) is 3.77. The molecule has 0 spiro atoms. The topological polar surface area (TPSA) is 63.4 Å². The van der Waals surface area contributed by atoms with E-state index in [9.17, 15) is 10.1 Å². The van der Waals surface area contributed by atoms with E-state index in [1.807, 2.05) is 25.1 Å². The third kappa shape index (κ3) is 3.33. The lowest BCUT2D eigenvalue weighted by molar-refractivity contribution is -0.384. The van der Waals surface area contributed by atoms with E-state index in [0.29, 0.717) is 0 Å². The molecular formula is C14H13NO3S. The largest absolute Gasteiger partial charge is 0.392 e. The number of nitro benzene ring substituents is 1. The lowest BCUT2D eigenvalue weighted by Gasteiger charge is -2.06.